The molecule has 2 heterocycles. The lowest BCUT2D eigenvalue weighted by atomic mass is 10.1. The summed E-state index contributed by atoms with van der Waals surface area (Å²) in [7, 11) is 1.68. The molecule has 0 unspecified atom stereocenters. The van der Waals surface area contributed by atoms with E-state index in [2.05, 4.69) is 51.6 Å². The Morgan fingerprint density at radius 3 is 2.50 bits per heavy atom. The predicted molar refractivity (Wildman–Crippen MR) is 118 cm³/mol. The maximum Gasteiger partial charge on any atom is 0.187 e. The van der Waals surface area contributed by atoms with Crippen molar-refractivity contribution in [3.8, 4) is 16.2 Å². The number of ether oxygens (including phenoxy) is 1. The van der Waals surface area contributed by atoms with Crippen molar-refractivity contribution in [2.24, 2.45) is 0 Å². The molecule has 1 aliphatic heterocycles. The van der Waals surface area contributed by atoms with Crippen LogP contribution in [0.3, 0.4) is 0 Å². The highest BCUT2D eigenvalue weighted by Gasteiger charge is 2.10. The first-order valence-corrected chi connectivity index (χ1v) is 10.8. The summed E-state index contributed by atoms with van der Waals surface area (Å²) in [5.74, 6) is 0.868. The topological polar surface area (TPSA) is 37.4 Å². The molecule has 1 saturated heterocycles. The van der Waals surface area contributed by atoms with Gasteiger partial charge < -0.3 is 15.0 Å². The third-order valence-electron chi connectivity index (χ3n) is 5.22. The van der Waals surface area contributed by atoms with Crippen LogP contribution in [0.1, 0.15) is 24.8 Å². The highest BCUT2D eigenvalue weighted by molar-refractivity contribution is 7.18. The minimum Gasteiger partial charge on any atom is -0.497 e. The molecule has 0 atom stereocenters. The molecule has 3 aromatic rings. The van der Waals surface area contributed by atoms with Crippen LogP contribution in [0, 0.1) is 0 Å². The van der Waals surface area contributed by atoms with E-state index in [1.165, 1.54) is 44.5 Å². The zero-order chi connectivity index (χ0) is 19.2. The Morgan fingerprint density at radius 2 is 1.79 bits per heavy atom. The van der Waals surface area contributed by atoms with Crippen molar-refractivity contribution >= 4 is 22.2 Å². The first-order valence-electron chi connectivity index (χ1n) is 9.99. The summed E-state index contributed by atoms with van der Waals surface area (Å²) >= 11 is 1.66. The van der Waals surface area contributed by atoms with Gasteiger partial charge in [-0.25, -0.2) is 4.98 Å². The number of benzene rings is 2. The van der Waals surface area contributed by atoms with Gasteiger partial charge in [0, 0.05) is 11.9 Å². The smallest absolute Gasteiger partial charge is 0.187 e. The standard InChI is InChI=1S/C23H27N3OS/c1-27-21-12-8-19(9-13-21)22-17-24-23(28-22)25-20-10-6-18(7-11-20)5-4-16-26-14-2-3-15-26/h6-13,17H,2-5,14-16H2,1H3,(H,24,25). The zero-order valence-corrected chi connectivity index (χ0v) is 17.2. The van der Waals surface area contributed by atoms with Crippen molar-refractivity contribution in [2.45, 2.75) is 25.7 Å². The number of thiazole rings is 1. The summed E-state index contributed by atoms with van der Waals surface area (Å²) in [6.07, 6.45) is 7.05. The largest absolute Gasteiger partial charge is 0.497 e. The number of nitrogens with one attached hydrogen (secondary N) is 1. The molecule has 0 radical (unpaired) electrons. The minimum atomic E-state index is 0.868. The molecule has 1 aromatic heterocycles. The van der Waals surface area contributed by atoms with E-state index in [1.54, 1.807) is 18.4 Å². The summed E-state index contributed by atoms with van der Waals surface area (Å²) in [6.45, 7) is 3.80. The maximum absolute atomic E-state index is 5.22. The number of methoxy groups -OCH3 is 1. The van der Waals surface area contributed by atoms with E-state index in [0.29, 0.717) is 0 Å². The number of hydrogen-bond acceptors (Lipinski definition) is 5. The van der Waals surface area contributed by atoms with Crippen LogP contribution in [0.15, 0.2) is 54.7 Å². The summed E-state index contributed by atoms with van der Waals surface area (Å²) in [4.78, 5) is 8.24. The molecule has 0 aliphatic carbocycles. The fraction of sp³-hybridized carbons (Fsp3) is 0.348. The highest BCUT2D eigenvalue weighted by atomic mass is 32.1. The van der Waals surface area contributed by atoms with Crippen LogP contribution in [-0.2, 0) is 6.42 Å². The molecule has 2 aromatic carbocycles. The molecule has 1 N–H and O–H groups in total. The van der Waals surface area contributed by atoms with Gasteiger partial charge in [-0.1, -0.05) is 23.5 Å². The molecule has 1 fully saturated rings. The molecular formula is C23H27N3OS. The van der Waals surface area contributed by atoms with Gasteiger partial charge in [-0.15, -0.1) is 0 Å². The maximum atomic E-state index is 5.22. The van der Waals surface area contributed by atoms with Crippen LogP contribution in [0.25, 0.3) is 10.4 Å². The molecule has 146 valence electrons. The van der Waals surface area contributed by atoms with E-state index in [0.717, 1.165) is 33.4 Å². The van der Waals surface area contributed by atoms with Gasteiger partial charge in [-0.2, -0.15) is 0 Å². The van der Waals surface area contributed by atoms with Crippen molar-refractivity contribution in [3.05, 3.63) is 60.3 Å². The lowest BCUT2D eigenvalue weighted by Crippen LogP contribution is -2.20. The van der Waals surface area contributed by atoms with Crippen molar-refractivity contribution in [3.63, 3.8) is 0 Å². The molecule has 5 heteroatoms. The summed E-state index contributed by atoms with van der Waals surface area (Å²) in [6, 6.07) is 16.8. The van der Waals surface area contributed by atoms with E-state index in [9.17, 15) is 0 Å². The normalized spacial score (nSPS) is 14.3. The third-order valence-corrected chi connectivity index (χ3v) is 6.19. The predicted octanol–water partition coefficient (Wildman–Crippen LogP) is 5.59. The summed E-state index contributed by atoms with van der Waals surface area (Å²) in [5, 5.41) is 4.33. The average Bonchev–Trinajstić information content (AvgIpc) is 3.42. The van der Waals surface area contributed by atoms with Crippen LogP contribution >= 0.6 is 11.3 Å². The van der Waals surface area contributed by atoms with Gasteiger partial charge in [-0.05, 0) is 92.8 Å². The van der Waals surface area contributed by atoms with Gasteiger partial charge in [0.2, 0.25) is 0 Å². The van der Waals surface area contributed by atoms with E-state index < -0.39 is 0 Å². The van der Waals surface area contributed by atoms with E-state index in [-0.39, 0.29) is 0 Å². The number of aromatic nitrogens is 1. The molecule has 0 bridgehead atoms. The van der Waals surface area contributed by atoms with Crippen LogP contribution < -0.4 is 10.1 Å². The van der Waals surface area contributed by atoms with Gasteiger partial charge in [0.25, 0.3) is 0 Å². The molecule has 4 rings (SSSR count). The zero-order valence-electron chi connectivity index (χ0n) is 16.4. The average molecular weight is 394 g/mol. The quantitative estimate of drug-likeness (QED) is 0.541. The van der Waals surface area contributed by atoms with E-state index in [1.807, 2.05) is 18.3 Å². The molecule has 1 aliphatic rings. The number of likely N-dealkylation sites (tertiary alicyclic amines) is 1. The minimum absolute atomic E-state index is 0.868. The second kappa shape index (κ2) is 9.22. The van der Waals surface area contributed by atoms with Crippen molar-refractivity contribution in [1.82, 2.24) is 9.88 Å². The van der Waals surface area contributed by atoms with Crippen LogP contribution in [0.5, 0.6) is 5.75 Å². The Morgan fingerprint density at radius 1 is 1.04 bits per heavy atom. The Hall–Kier alpha value is -2.37. The number of rotatable bonds is 8. The van der Waals surface area contributed by atoms with Crippen LogP contribution in [0.2, 0.25) is 0 Å². The van der Waals surface area contributed by atoms with E-state index in [4.69, 9.17) is 4.74 Å². The van der Waals surface area contributed by atoms with E-state index >= 15 is 0 Å². The van der Waals surface area contributed by atoms with Gasteiger partial charge in [0.15, 0.2) is 5.13 Å². The van der Waals surface area contributed by atoms with Gasteiger partial charge in [0.1, 0.15) is 5.75 Å². The van der Waals surface area contributed by atoms with Gasteiger partial charge in [0.05, 0.1) is 12.0 Å². The third kappa shape index (κ3) is 4.91. The molecule has 0 saturated carbocycles. The molecule has 0 spiro atoms. The fourth-order valence-corrected chi connectivity index (χ4v) is 4.45. The van der Waals surface area contributed by atoms with Crippen molar-refractivity contribution < 1.29 is 4.74 Å². The number of anilines is 2. The summed E-state index contributed by atoms with van der Waals surface area (Å²) < 4.78 is 5.22. The molecule has 0 amide bonds. The van der Waals surface area contributed by atoms with Gasteiger partial charge >= 0.3 is 0 Å². The van der Waals surface area contributed by atoms with Gasteiger partial charge in [-0.3, -0.25) is 0 Å². The monoisotopic (exact) mass is 393 g/mol. The number of aryl methyl sites for hydroxylation is 1. The molecule has 4 nitrogen and oxygen atoms in total. The Bertz CT molecular complexity index is 868. The number of hydrogen-bond donors (Lipinski definition) is 1. The Labute approximate surface area is 171 Å². The van der Waals surface area contributed by atoms with Crippen LogP contribution in [0.4, 0.5) is 10.8 Å². The fourth-order valence-electron chi connectivity index (χ4n) is 3.61. The molecular weight excluding hydrogens is 366 g/mol. The second-order valence-corrected chi connectivity index (χ2v) is 8.26. The lowest BCUT2D eigenvalue weighted by Gasteiger charge is -2.14. The first kappa shape index (κ1) is 19.0. The Kier molecular flexibility index (Phi) is 6.24. The SMILES string of the molecule is COc1ccc(-c2cnc(Nc3ccc(CCCN4CCCC4)cc3)s2)cc1. The Balaban J connectivity index is 1.30. The lowest BCUT2D eigenvalue weighted by molar-refractivity contribution is 0.334. The van der Waals surface area contributed by atoms with Crippen molar-refractivity contribution in [1.29, 1.82) is 0 Å². The highest BCUT2D eigenvalue weighted by Crippen LogP contribution is 2.31. The van der Waals surface area contributed by atoms with Crippen molar-refractivity contribution in [2.75, 3.05) is 32.1 Å². The number of nitrogens with zero attached hydrogens (tertiary/aromatic N) is 2. The first-order chi connectivity index (χ1) is 13.8. The summed E-state index contributed by atoms with van der Waals surface area (Å²) in [5.41, 5.74) is 3.64. The van der Waals surface area contributed by atoms with Crippen LogP contribution in [-0.4, -0.2) is 36.6 Å². The second-order valence-electron chi connectivity index (χ2n) is 7.23. The molecule has 28 heavy (non-hydrogen) atoms.